The fourth-order valence-electron chi connectivity index (χ4n) is 6.88. The Hall–Kier alpha value is -4.02. The molecule has 0 atom stereocenters. The van der Waals surface area contributed by atoms with Gasteiger partial charge in [-0.2, -0.15) is 0 Å². The predicted molar refractivity (Wildman–Crippen MR) is 182 cm³/mol. The van der Waals surface area contributed by atoms with Crippen LogP contribution in [0.25, 0.3) is 21.9 Å². The summed E-state index contributed by atoms with van der Waals surface area (Å²) in [5.41, 5.74) is 4.92. The summed E-state index contributed by atoms with van der Waals surface area (Å²) in [5, 5.41) is 16.2. The van der Waals surface area contributed by atoms with Crippen molar-refractivity contribution in [3.05, 3.63) is 70.0 Å². The standard InChI is InChI=1S/C35H46N8O2/c1-6-43(27-7-10-35(4,45)11-8-27)31-19-25(26-20-38-34(39-21-26)42-15-13-41(5)14-16-42)18-29-28(31)9-12-36-32(29)37-22-30-23(2)17-24(3)40-33(30)44/h9,12,17-21,27,45H,6-8,10-11,13-16,22H2,1-5H3,(H,36,37)(H,40,44). The maximum absolute atomic E-state index is 12.8. The summed E-state index contributed by atoms with van der Waals surface area (Å²) < 4.78 is 0. The zero-order chi connectivity index (χ0) is 31.7. The van der Waals surface area contributed by atoms with E-state index in [4.69, 9.17) is 15.0 Å². The molecule has 1 aliphatic heterocycles. The van der Waals surface area contributed by atoms with Crippen molar-refractivity contribution in [1.29, 1.82) is 0 Å². The number of benzene rings is 1. The van der Waals surface area contributed by atoms with E-state index in [0.717, 1.165) is 109 Å². The van der Waals surface area contributed by atoms with Crippen molar-refractivity contribution in [3.63, 3.8) is 0 Å². The van der Waals surface area contributed by atoms with Gasteiger partial charge in [0.1, 0.15) is 5.82 Å². The molecule has 2 aliphatic rings. The van der Waals surface area contributed by atoms with Gasteiger partial charge in [0, 0.05) is 97.2 Å². The van der Waals surface area contributed by atoms with Crippen LogP contribution in [0.15, 0.2) is 47.7 Å². The lowest BCUT2D eigenvalue weighted by molar-refractivity contribution is 0.0171. The summed E-state index contributed by atoms with van der Waals surface area (Å²) in [4.78, 5) is 37.1. The Balaban J connectivity index is 1.40. The molecule has 10 heteroatoms. The van der Waals surface area contributed by atoms with Crippen LogP contribution in [0.2, 0.25) is 0 Å². The van der Waals surface area contributed by atoms with Gasteiger partial charge in [0.2, 0.25) is 5.95 Å². The van der Waals surface area contributed by atoms with Gasteiger partial charge in [0.25, 0.3) is 5.56 Å². The number of hydrogen-bond acceptors (Lipinski definition) is 9. The molecule has 10 nitrogen and oxygen atoms in total. The minimum absolute atomic E-state index is 0.0791. The maximum atomic E-state index is 12.8. The summed E-state index contributed by atoms with van der Waals surface area (Å²) >= 11 is 0. The Morgan fingerprint density at radius 1 is 1.02 bits per heavy atom. The molecule has 2 fully saturated rings. The number of aromatic nitrogens is 4. The molecule has 6 rings (SSSR count). The van der Waals surface area contributed by atoms with Gasteiger partial charge in [-0.25, -0.2) is 15.0 Å². The minimum atomic E-state index is -0.602. The van der Waals surface area contributed by atoms with Gasteiger partial charge in [-0.3, -0.25) is 4.79 Å². The van der Waals surface area contributed by atoms with Crippen LogP contribution in [0.4, 0.5) is 17.5 Å². The molecule has 0 spiro atoms. The number of rotatable bonds is 8. The highest BCUT2D eigenvalue weighted by molar-refractivity contribution is 6.03. The average molecular weight is 611 g/mol. The third kappa shape index (κ3) is 6.67. The van der Waals surface area contributed by atoms with Crippen LogP contribution in [0.1, 0.15) is 56.4 Å². The highest BCUT2D eigenvalue weighted by atomic mass is 16.3. The Morgan fingerprint density at radius 2 is 1.73 bits per heavy atom. The van der Waals surface area contributed by atoms with Crippen molar-refractivity contribution in [3.8, 4) is 11.1 Å². The number of likely N-dealkylation sites (N-methyl/N-ethyl adjacent to an activating group) is 1. The van der Waals surface area contributed by atoms with Crippen LogP contribution in [0, 0.1) is 13.8 Å². The first-order valence-electron chi connectivity index (χ1n) is 16.2. The Kier molecular flexibility index (Phi) is 8.79. The van der Waals surface area contributed by atoms with E-state index in [2.05, 4.69) is 57.2 Å². The maximum Gasteiger partial charge on any atom is 0.253 e. The lowest BCUT2D eigenvalue weighted by Crippen LogP contribution is -2.45. The van der Waals surface area contributed by atoms with E-state index >= 15 is 0 Å². The molecule has 238 valence electrons. The first kappa shape index (κ1) is 31.0. The molecule has 0 unspecified atom stereocenters. The first-order chi connectivity index (χ1) is 21.6. The van der Waals surface area contributed by atoms with E-state index in [1.165, 1.54) is 0 Å². The molecule has 1 aliphatic carbocycles. The van der Waals surface area contributed by atoms with Crippen molar-refractivity contribution >= 4 is 28.2 Å². The fraction of sp³-hybridized carbons (Fsp3) is 0.486. The number of nitrogens with one attached hydrogen (secondary N) is 2. The van der Waals surface area contributed by atoms with Crippen molar-refractivity contribution in [2.75, 3.05) is 54.9 Å². The number of pyridine rings is 2. The quantitative estimate of drug-likeness (QED) is 0.257. The van der Waals surface area contributed by atoms with Crippen molar-refractivity contribution in [1.82, 2.24) is 24.8 Å². The molecule has 0 amide bonds. The molecule has 4 aromatic rings. The third-order valence-electron chi connectivity index (χ3n) is 9.67. The lowest BCUT2D eigenvalue weighted by atomic mass is 9.82. The van der Waals surface area contributed by atoms with Gasteiger partial charge >= 0.3 is 0 Å². The molecular formula is C35H46N8O2. The monoisotopic (exact) mass is 610 g/mol. The van der Waals surface area contributed by atoms with Gasteiger partial charge in [-0.15, -0.1) is 0 Å². The van der Waals surface area contributed by atoms with E-state index in [1.807, 2.05) is 45.4 Å². The van der Waals surface area contributed by atoms with Gasteiger partial charge < -0.3 is 30.1 Å². The second-order valence-electron chi connectivity index (χ2n) is 13.1. The van der Waals surface area contributed by atoms with Crippen molar-refractivity contribution in [2.45, 2.75) is 71.6 Å². The predicted octanol–water partition coefficient (Wildman–Crippen LogP) is 4.88. The number of hydrogen-bond donors (Lipinski definition) is 3. The second-order valence-corrected chi connectivity index (χ2v) is 13.1. The highest BCUT2D eigenvalue weighted by Crippen LogP contribution is 2.39. The molecule has 1 saturated heterocycles. The smallest absolute Gasteiger partial charge is 0.253 e. The molecule has 1 aromatic carbocycles. The number of H-pyrrole nitrogens is 1. The van der Waals surface area contributed by atoms with Crippen LogP contribution in [0.3, 0.4) is 0 Å². The molecule has 45 heavy (non-hydrogen) atoms. The largest absolute Gasteiger partial charge is 0.390 e. The zero-order valence-electron chi connectivity index (χ0n) is 27.2. The number of aromatic amines is 1. The number of aliphatic hydroxyl groups is 1. The van der Waals surface area contributed by atoms with Gasteiger partial charge in [-0.1, -0.05) is 0 Å². The highest BCUT2D eigenvalue weighted by Gasteiger charge is 2.32. The van der Waals surface area contributed by atoms with Crippen LogP contribution < -0.4 is 20.7 Å². The normalized spacial score (nSPS) is 20.8. The molecule has 3 aromatic heterocycles. The number of aryl methyl sites for hydroxylation is 2. The summed E-state index contributed by atoms with van der Waals surface area (Å²) in [7, 11) is 2.14. The van der Waals surface area contributed by atoms with E-state index in [1.54, 1.807) is 0 Å². The molecule has 4 heterocycles. The fourth-order valence-corrected chi connectivity index (χ4v) is 6.88. The molecular weight excluding hydrogens is 564 g/mol. The number of piperazine rings is 1. The molecule has 0 radical (unpaired) electrons. The van der Waals surface area contributed by atoms with Crippen LogP contribution in [-0.2, 0) is 6.54 Å². The molecule has 0 bridgehead atoms. The molecule has 1 saturated carbocycles. The summed E-state index contributed by atoms with van der Waals surface area (Å²) in [5.74, 6) is 1.49. The van der Waals surface area contributed by atoms with Gasteiger partial charge in [0.15, 0.2) is 0 Å². The average Bonchev–Trinajstić information content (AvgIpc) is 3.02. The molecule has 3 N–H and O–H groups in total. The van der Waals surface area contributed by atoms with E-state index in [-0.39, 0.29) is 5.56 Å². The van der Waals surface area contributed by atoms with Crippen LogP contribution in [0.5, 0.6) is 0 Å². The topological polar surface area (TPSA) is 114 Å². The number of anilines is 3. The van der Waals surface area contributed by atoms with Crippen molar-refractivity contribution < 1.29 is 5.11 Å². The zero-order valence-corrected chi connectivity index (χ0v) is 27.2. The van der Waals surface area contributed by atoms with Gasteiger partial charge in [0.05, 0.1) is 5.60 Å². The first-order valence-corrected chi connectivity index (χ1v) is 16.2. The lowest BCUT2D eigenvalue weighted by Gasteiger charge is -2.40. The SMILES string of the molecule is CCN(c1cc(-c2cnc(N3CCN(C)CC3)nc2)cc2c(NCc3c(C)cc(C)[nH]c3=O)nccc12)C1CCC(C)(O)CC1. The van der Waals surface area contributed by atoms with E-state index < -0.39 is 5.60 Å². The Bertz CT molecular complexity index is 1700. The van der Waals surface area contributed by atoms with Crippen LogP contribution in [-0.4, -0.2) is 81.4 Å². The number of fused-ring (bicyclic) bond motifs is 1. The van der Waals surface area contributed by atoms with E-state index in [9.17, 15) is 9.90 Å². The summed E-state index contributed by atoms with van der Waals surface area (Å²) in [6.07, 6.45) is 9.13. The van der Waals surface area contributed by atoms with Crippen LogP contribution >= 0.6 is 0 Å². The Labute approximate surface area is 265 Å². The Morgan fingerprint density at radius 3 is 2.40 bits per heavy atom. The second kappa shape index (κ2) is 12.8. The summed E-state index contributed by atoms with van der Waals surface area (Å²) in [6.45, 7) is 13.1. The third-order valence-corrected chi connectivity index (χ3v) is 9.67. The minimum Gasteiger partial charge on any atom is -0.390 e. The summed E-state index contributed by atoms with van der Waals surface area (Å²) in [6, 6.07) is 8.82. The van der Waals surface area contributed by atoms with Crippen molar-refractivity contribution in [2.24, 2.45) is 0 Å². The van der Waals surface area contributed by atoms with Gasteiger partial charge in [-0.05, 0) is 95.8 Å². The number of nitrogens with zero attached hydrogens (tertiary/aromatic N) is 6. The van der Waals surface area contributed by atoms with E-state index in [0.29, 0.717) is 18.2 Å².